The summed E-state index contributed by atoms with van der Waals surface area (Å²) in [6.45, 7) is 0. The molecule has 2 aromatic carbocycles. The van der Waals surface area contributed by atoms with E-state index in [1.807, 2.05) is 0 Å². The average Bonchev–Trinajstić information content (AvgIpc) is 2.61. The number of methoxy groups -OCH3 is 2. The van der Waals surface area contributed by atoms with Crippen LogP contribution in [0.2, 0.25) is 0 Å². The standard InChI is InChI=1S/C17H14O7/c1-22-16-9-10(18)11(19)14(8-6-4-3-5-7-8)24-15(9)12(20)13(21)17(16)23-2/h3-7,19-21H,1-2H3. The van der Waals surface area contributed by atoms with Crippen molar-refractivity contribution in [2.24, 2.45) is 0 Å². The van der Waals surface area contributed by atoms with Crippen LogP contribution in [0.5, 0.6) is 28.7 Å². The summed E-state index contributed by atoms with van der Waals surface area (Å²) in [5, 5.41) is 30.2. The van der Waals surface area contributed by atoms with Crippen LogP contribution < -0.4 is 14.9 Å². The van der Waals surface area contributed by atoms with Crippen LogP contribution in [0.15, 0.2) is 39.5 Å². The van der Waals surface area contributed by atoms with Gasteiger partial charge in [-0.3, -0.25) is 4.79 Å². The smallest absolute Gasteiger partial charge is 0.239 e. The van der Waals surface area contributed by atoms with Gasteiger partial charge >= 0.3 is 0 Å². The van der Waals surface area contributed by atoms with E-state index >= 15 is 0 Å². The molecule has 7 heteroatoms. The minimum Gasteiger partial charge on any atom is -0.502 e. The summed E-state index contributed by atoms with van der Waals surface area (Å²) in [6.07, 6.45) is 0. The normalized spacial score (nSPS) is 10.8. The van der Waals surface area contributed by atoms with Gasteiger partial charge in [0.1, 0.15) is 5.39 Å². The van der Waals surface area contributed by atoms with E-state index in [9.17, 15) is 20.1 Å². The van der Waals surface area contributed by atoms with Gasteiger partial charge in [-0.25, -0.2) is 0 Å². The predicted molar refractivity (Wildman–Crippen MR) is 86.0 cm³/mol. The third-order valence-corrected chi connectivity index (χ3v) is 3.62. The Kier molecular flexibility index (Phi) is 3.69. The molecule has 0 saturated heterocycles. The molecule has 1 heterocycles. The lowest BCUT2D eigenvalue weighted by atomic mass is 10.1. The van der Waals surface area contributed by atoms with Gasteiger partial charge in [0, 0.05) is 5.56 Å². The molecule has 124 valence electrons. The van der Waals surface area contributed by atoms with Gasteiger partial charge in [0.05, 0.1) is 14.2 Å². The van der Waals surface area contributed by atoms with Crippen molar-refractivity contribution in [1.29, 1.82) is 0 Å². The molecule has 0 atom stereocenters. The van der Waals surface area contributed by atoms with E-state index in [2.05, 4.69) is 0 Å². The lowest BCUT2D eigenvalue weighted by molar-refractivity contribution is 0.322. The molecule has 0 bridgehead atoms. The predicted octanol–water partition coefficient (Wildman–Crippen LogP) is 2.59. The maximum atomic E-state index is 12.6. The number of benzene rings is 2. The van der Waals surface area contributed by atoms with Crippen molar-refractivity contribution in [3.05, 3.63) is 40.6 Å². The SMILES string of the molecule is COc1c(O)c(O)c2oc(-c3ccccc3)c(O)c(=O)c2c1OC. The molecule has 1 aromatic heterocycles. The van der Waals surface area contributed by atoms with Gasteiger partial charge in [-0.15, -0.1) is 0 Å². The van der Waals surface area contributed by atoms with E-state index in [4.69, 9.17) is 13.9 Å². The number of ether oxygens (including phenoxy) is 2. The van der Waals surface area contributed by atoms with E-state index in [1.54, 1.807) is 30.3 Å². The van der Waals surface area contributed by atoms with Crippen LogP contribution in [0, 0.1) is 0 Å². The van der Waals surface area contributed by atoms with Gasteiger partial charge in [-0.05, 0) is 0 Å². The first-order valence-electron chi connectivity index (χ1n) is 6.92. The molecule has 0 radical (unpaired) electrons. The summed E-state index contributed by atoms with van der Waals surface area (Å²) < 4.78 is 15.6. The summed E-state index contributed by atoms with van der Waals surface area (Å²) in [5.74, 6) is -2.46. The number of fused-ring (bicyclic) bond motifs is 1. The molecule has 0 aliphatic rings. The number of rotatable bonds is 3. The minimum atomic E-state index is -0.819. The van der Waals surface area contributed by atoms with Gasteiger partial charge in [0.2, 0.25) is 28.4 Å². The van der Waals surface area contributed by atoms with E-state index in [0.717, 1.165) is 0 Å². The van der Waals surface area contributed by atoms with Crippen molar-refractivity contribution in [1.82, 2.24) is 0 Å². The van der Waals surface area contributed by atoms with Crippen molar-refractivity contribution in [2.45, 2.75) is 0 Å². The van der Waals surface area contributed by atoms with Crippen molar-refractivity contribution in [3.63, 3.8) is 0 Å². The Hall–Kier alpha value is -3.35. The first kappa shape index (κ1) is 15.5. The Balaban J connectivity index is 2.50. The zero-order chi connectivity index (χ0) is 17.4. The van der Waals surface area contributed by atoms with Gasteiger partial charge < -0.3 is 29.2 Å². The molecule has 0 aliphatic heterocycles. The number of aromatic hydroxyl groups is 3. The fourth-order valence-corrected chi connectivity index (χ4v) is 2.50. The highest BCUT2D eigenvalue weighted by molar-refractivity contribution is 5.96. The maximum absolute atomic E-state index is 12.6. The molecule has 0 unspecified atom stereocenters. The zero-order valence-electron chi connectivity index (χ0n) is 12.9. The van der Waals surface area contributed by atoms with Gasteiger partial charge in [0.25, 0.3) is 0 Å². The molecule has 3 aromatic rings. The molecule has 7 nitrogen and oxygen atoms in total. The molecule has 3 N–H and O–H groups in total. The maximum Gasteiger partial charge on any atom is 0.239 e. The molecular formula is C17H14O7. The van der Waals surface area contributed by atoms with E-state index in [0.29, 0.717) is 5.56 Å². The first-order chi connectivity index (χ1) is 11.5. The van der Waals surface area contributed by atoms with Crippen LogP contribution in [-0.4, -0.2) is 29.5 Å². The van der Waals surface area contributed by atoms with Gasteiger partial charge in [0.15, 0.2) is 17.1 Å². The monoisotopic (exact) mass is 330 g/mol. The second-order valence-corrected chi connectivity index (χ2v) is 4.94. The summed E-state index contributed by atoms with van der Waals surface area (Å²) in [5.41, 5.74) is -0.699. The molecule has 0 amide bonds. The number of phenols is 2. The minimum absolute atomic E-state index is 0.130. The summed E-state index contributed by atoms with van der Waals surface area (Å²) in [6, 6.07) is 8.41. The molecule has 0 fully saturated rings. The topological polar surface area (TPSA) is 109 Å². The lowest BCUT2D eigenvalue weighted by Gasteiger charge is -2.14. The Morgan fingerprint density at radius 1 is 0.875 bits per heavy atom. The number of hydrogen-bond acceptors (Lipinski definition) is 7. The van der Waals surface area contributed by atoms with E-state index in [1.165, 1.54) is 14.2 Å². The van der Waals surface area contributed by atoms with Gasteiger partial charge in [-0.1, -0.05) is 30.3 Å². The van der Waals surface area contributed by atoms with Crippen molar-refractivity contribution < 1.29 is 29.2 Å². The molecule has 3 rings (SSSR count). The van der Waals surface area contributed by atoms with Crippen LogP contribution in [-0.2, 0) is 0 Å². The number of phenolic OH excluding ortho intramolecular Hbond substituents is 2. The summed E-state index contributed by atoms with van der Waals surface area (Å²) in [4.78, 5) is 12.6. The quantitative estimate of drug-likeness (QED) is 0.633. The third-order valence-electron chi connectivity index (χ3n) is 3.62. The van der Waals surface area contributed by atoms with E-state index < -0.39 is 22.7 Å². The van der Waals surface area contributed by atoms with Crippen LogP contribution >= 0.6 is 0 Å². The highest BCUT2D eigenvalue weighted by Crippen LogP contribution is 2.50. The largest absolute Gasteiger partial charge is 0.502 e. The Bertz CT molecular complexity index is 974. The first-order valence-corrected chi connectivity index (χ1v) is 6.92. The fraction of sp³-hybridized carbons (Fsp3) is 0.118. The molecule has 24 heavy (non-hydrogen) atoms. The molecule has 0 saturated carbocycles. The van der Waals surface area contributed by atoms with Crippen molar-refractivity contribution in [3.8, 4) is 40.1 Å². The van der Waals surface area contributed by atoms with Crippen LogP contribution in [0.25, 0.3) is 22.3 Å². The highest BCUT2D eigenvalue weighted by atomic mass is 16.5. The Morgan fingerprint density at radius 2 is 1.50 bits per heavy atom. The van der Waals surface area contributed by atoms with Crippen LogP contribution in [0.4, 0.5) is 0 Å². The van der Waals surface area contributed by atoms with Crippen LogP contribution in [0.1, 0.15) is 0 Å². The fourth-order valence-electron chi connectivity index (χ4n) is 2.50. The van der Waals surface area contributed by atoms with Crippen LogP contribution in [0.3, 0.4) is 0 Å². The van der Waals surface area contributed by atoms with E-state index in [-0.39, 0.29) is 28.2 Å². The zero-order valence-corrected chi connectivity index (χ0v) is 12.9. The second kappa shape index (κ2) is 5.69. The lowest BCUT2D eigenvalue weighted by Crippen LogP contribution is -2.06. The average molecular weight is 330 g/mol. The van der Waals surface area contributed by atoms with Crippen molar-refractivity contribution in [2.75, 3.05) is 14.2 Å². The Morgan fingerprint density at radius 3 is 2.08 bits per heavy atom. The third kappa shape index (κ3) is 2.10. The molecular weight excluding hydrogens is 316 g/mol. The highest BCUT2D eigenvalue weighted by Gasteiger charge is 2.27. The molecule has 0 spiro atoms. The summed E-state index contributed by atoms with van der Waals surface area (Å²) >= 11 is 0. The van der Waals surface area contributed by atoms with Gasteiger partial charge in [-0.2, -0.15) is 0 Å². The number of hydrogen-bond donors (Lipinski definition) is 3. The summed E-state index contributed by atoms with van der Waals surface area (Å²) in [7, 11) is 2.50. The Labute approximate surface area is 135 Å². The second-order valence-electron chi connectivity index (χ2n) is 4.94. The van der Waals surface area contributed by atoms with Crippen molar-refractivity contribution >= 4 is 11.0 Å². The molecule has 0 aliphatic carbocycles.